The van der Waals surface area contributed by atoms with Gasteiger partial charge >= 0.3 is 5.97 Å². The van der Waals surface area contributed by atoms with Crippen LogP contribution < -0.4 is 9.46 Å². The Morgan fingerprint density at radius 3 is 2.58 bits per heavy atom. The van der Waals surface area contributed by atoms with Crippen LogP contribution in [0, 0.1) is 23.2 Å². The predicted octanol–water partition coefficient (Wildman–Crippen LogP) is 6.47. The van der Waals surface area contributed by atoms with E-state index in [1.165, 1.54) is 0 Å². The second-order valence-corrected chi connectivity index (χ2v) is 20.3. The molecule has 1 aromatic heterocycles. The number of sulfonamides is 1. The molecule has 4 heterocycles. The van der Waals surface area contributed by atoms with Crippen molar-refractivity contribution < 1.29 is 37.1 Å². The summed E-state index contributed by atoms with van der Waals surface area (Å²) < 4.78 is 40.6. The van der Waals surface area contributed by atoms with Crippen LogP contribution in [0.2, 0.25) is 0 Å². The highest BCUT2D eigenvalue weighted by molar-refractivity contribution is 7.91. The van der Waals surface area contributed by atoms with Crippen LogP contribution in [0.1, 0.15) is 128 Å². The number of nitrogens with zero attached hydrogens (tertiary/aromatic N) is 2. The van der Waals surface area contributed by atoms with Gasteiger partial charge in [-0.05, 0) is 89.0 Å². The standard InChI is InChI=1S/C43H55N3O8S/c1-27(2)25-53-36(48)21-29-11-7-5-4-6-8-12-30-22-43(30,40(50)45-55(51,52)41(3)19-20-41)24-35(47)34-23-42(26-46(34)39(29)49)18-17-32-31-13-9-10-14-33(31)44-37(28-15-16-28)38(32)54-42/h8-10,12-14,27-30,34H,4-7,11,15-26H2,1-3H3,(H,45,50)/b12-8-/t29-,30-,34+,42-,43-/m1/s1. The number of ketones is 1. The lowest BCUT2D eigenvalue weighted by Crippen LogP contribution is -2.48. The van der Waals surface area contributed by atoms with Crippen LogP contribution in [0.3, 0.4) is 0 Å². The Morgan fingerprint density at radius 1 is 1.05 bits per heavy atom. The first-order valence-corrected chi connectivity index (χ1v) is 22.0. The van der Waals surface area contributed by atoms with E-state index in [1.54, 1.807) is 11.8 Å². The predicted molar refractivity (Wildman–Crippen MR) is 207 cm³/mol. The van der Waals surface area contributed by atoms with Gasteiger partial charge in [0.15, 0.2) is 5.78 Å². The van der Waals surface area contributed by atoms with Crippen molar-refractivity contribution >= 4 is 44.5 Å². The molecule has 3 saturated carbocycles. The summed E-state index contributed by atoms with van der Waals surface area (Å²) in [4.78, 5) is 63.6. The topological polar surface area (TPSA) is 149 Å². The Morgan fingerprint density at radius 2 is 1.84 bits per heavy atom. The Bertz CT molecular complexity index is 2040. The van der Waals surface area contributed by atoms with E-state index in [2.05, 4.69) is 10.8 Å². The Hall–Kier alpha value is -3.80. The number of amides is 2. The van der Waals surface area contributed by atoms with Crippen molar-refractivity contribution in [2.24, 2.45) is 23.2 Å². The second kappa shape index (κ2) is 14.3. The molecule has 1 saturated heterocycles. The minimum absolute atomic E-state index is 0.0770. The number of aryl methyl sites for hydroxylation is 1. The van der Waals surface area contributed by atoms with E-state index in [-0.39, 0.29) is 55.9 Å². The molecule has 3 aliphatic carbocycles. The molecular formula is C43H55N3O8S. The van der Waals surface area contributed by atoms with Gasteiger partial charge < -0.3 is 14.4 Å². The number of hydrogen-bond acceptors (Lipinski definition) is 9. The molecule has 296 valence electrons. The molecule has 6 aliphatic rings. The molecule has 0 bridgehead atoms. The summed E-state index contributed by atoms with van der Waals surface area (Å²) in [6.07, 6.45) is 12.3. The smallest absolute Gasteiger partial charge is 0.306 e. The van der Waals surface area contributed by atoms with Gasteiger partial charge in [-0.2, -0.15) is 0 Å². The Labute approximate surface area is 324 Å². The van der Waals surface area contributed by atoms with Crippen molar-refractivity contribution in [2.45, 2.75) is 139 Å². The molecule has 4 fully saturated rings. The molecule has 11 nitrogen and oxygen atoms in total. The summed E-state index contributed by atoms with van der Waals surface area (Å²) in [6.45, 7) is 6.00. The average molecular weight is 774 g/mol. The number of aromatic nitrogens is 1. The maximum atomic E-state index is 14.9. The minimum atomic E-state index is -3.93. The first-order chi connectivity index (χ1) is 26.2. The van der Waals surface area contributed by atoms with Gasteiger partial charge in [0.2, 0.25) is 21.8 Å². The van der Waals surface area contributed by atoms with E-state index in [4.69, 9.17) is 14.5 Å². The molecule has 0 unspecified atom stereocenters. The number of carbonyl (C=O) groups excluding carboxylic acids is 4. The van der Waals surface area contributed by atoms with E-state index in [9.17, 15) is 27.6 Å². The number of hydrogen-bond donors (Lipinski definition) is 1. The minimum Gasteiger partial charge on any atom is -0.483 e. The van der Waals surface area contributed by atoms with Crippen LogP contribution in [-0.2, 0) is 40.4 Å². The van der Waals surface area contributed by atoms with Gasteiger partial charge in [-0.15, -0.1) is 0 Å². The number of esters is 1. The van der Waals surface area contributed by atoms with Crippen molar-refractivity contribution in [2.75, 3.05) is 13.2 Å². The van der Waals surface area contributed by atoms with E-state index in [0.717, 1.165) is 66.4 Å². The quantitative estimate of drug-likeness (QED) is 0.236. The number of para-hydroxylation sites is 1. The maximum Gasteiger partial charge on any atom is 0.306 e. The molecular weight excluding hydrogens is 719 g/mol. The number of carbonyl (C=O) groups is 4. The van der Waals surface area contributed by atoms with Gasteiger partial charge in [0.1, 0.15) is 11.4 Å². The molecule has 3 aliphatic heterocycles. The van der Waals surface area contributed by atoms with Crippen molar-refractivity contribution in [1.82, 2.24) is 14.6 Å². The fourth-order valence-electron chi connectivity index (χ4n) is 9.13. The molecule has 2 aromatic rings. The van der Waals surface area contributed by atoms with Crippen LogP contribution in [0.4, 0.5) is 0 Å². The van der Waals surface area contributed by atoms with Gasteiger partial charge in [0.05, 0.1) is 47.0 Å². The molecule has 12 heteroatoms. The Kier molecular flexibility index (Phi) is 9.90. The zero-order chi connectivity index (χ0) is 38.8. The lowest BCUT2D eigenvalue weighted by Gasteiger charge is -2.37. The highest BCUT2D eigenvalue weighted by Crippen LogP contribution is 2.58. The van der Waals surface area contributed by atoms with E-state index in [1.807, 2.05) is 44.2 Å². The van der Waals surface area contributed by atoms with Crippen molar-refractivity contribution in [3.8, 4) is 5.75 Å². The van der Waals surface area contributed by atoms with Gasteiger partial charge in [-0.1, -0.05) is 57.0 Å². The normalized spacial score (nSPS) is 31.1. The number of nitrogens with one attached hydrogen (secondary N) is 1. The first kappa shape index (κ1) is 38.1. The van der Waals surface area contributed by atoms with Crippen molar-refractivity contribution in [3.05, 3.63) is 47.7 Å². The van der Waals surface area contributed by atoms with Crippen molar-refractivity contribution in [3.63, 3.8) is 0 Å². The van der Waals surface area contributed by atoms with Crippen LogP contribution in [0.5, 0.6) is 5.75 Å². The lowest BCUT2D eigenvalue weighted by atomic mass is 9.85. The highest BCUT2D eigenvalue weighted by Gasteiger charge is 2.63. The number of ether oxygens (including phenoxy) is 2. The second-order valence-electron chi connectivity index (χ2n) is 18.1. The molecule has 1 aromatic carbocycles. The SMILES string of the molecule is CC(C)COC(=O)C[C@H]1CCCCC/C=C\[C@@H]2C[C@@]2(C(=O)NS(=O)(=O)C2(C)CC2)CC(=O)[C@@H]2C[C@]3(CCc4c(c(C5CC5)nc5ccccc45)O3)CN2C1=O. The fraction of sp³-hybridized carbons (Fsp3) is 0.651. The first-order valence-electron chi connectivity index (χ1n) is 20.6. The highest BCUT2D eigenvalue weighted by atomic mass is 32.2. The molecule has 5 atom stereocenters. The number of Topliss-reactive ketones (excluding diaryl/α,β-unsaturated/α-hetero) is 1. The number of pyridine rings is 1. The molecule has 8 rings (SSSR count). The van der Waals surface area contributed by atoms with E-state index >= 15 is 0 Å². The van der Waals surface area contributed by atoms with E-state index < -0.39 is 49.6 Å². The summed E-state index contributed by atoms with van der Waals surface area (Å²) >= 11 is 0. The number of fused-ring (bicyclic) bond motifs is 5. The summed E-state index contributed by atoms with van der Waals surface area (Å²) in [6, 6.07) is 7.20. The van der Waals surface area contributed by atoms with Crippen LogP contribution in [0.25, 0.3) is 10.9 Å². The summed E-state index contributed by atoms with van der Waals surface area (Å²) in [7, 11) is -3.93. The molecule has 1 N–H and O–H groups in total. The summed E-state index contributed by atoms with van der Waals surface area (Å²) in [5, 5.41) is 1.05. The summed E-state index contributed by atoms with van der Waals surface area (Å²) in [5.41, 5.74) is 0.897. The average Bonchev–Trinajstić information content (AvgIpc) is 4.08. The lowest BCUT2D eigenvalue weighted by molar-refractivity contribution is -0.151. The molecule has 2 amide bonds. The van der Waals surface area contributed by atoms with Gasteiger partial charge in [0, 0.05) is 35.6 Å². The number of allylic oxidation sites excluding steroid dienone is 2. The Balaban J connectivity index is 1.14. The molecule has 0 radical (unpaired) electrons. The number of rotatable bonds is 8. The van der Waals surface area contributed by atoms with Gasteiger partial charge in [0.25, 0.3) is 0 Å². The van der Waals surface area contributed by atoms with Crippen LogP contribution in [0.15, 0.2) is 36.4 Å². The molecule has 55 heavy (non-hydrogen) atoms. The third kappa shape index (κ3) is 7.44. The van der Waals surface area contributed by atoms with Crippen LogP contribution >= 0.6 is 0 Å². The van der Waals surface area contributed by atoms with Gasteiger partial charge in [-0.3, -0.25) is 23.9 Å². The third-order valence-corrected chi connectivity index (χ3v) is 15.3. The zero-order valence-electron chi connectivity index (χ0n) is 32.4. The zero-order valence-corrected chi connectivity index (χ0v) is 33.3. The van der Waals surface area contributed by atoms with Crippen LogP contribution in [-0.4, -0.2) is 71.4 Å². The van der Waals surface area contributed by atoms with Gasteiger partial charge in [-0.25, -0.2) is 13.4 Å². The third-order valence-electron chi connectivity index (χ3n) is 13.2. The van der Waals surface area contributed by atoms with Crippen molar-refractivity contribution in [1.29, 1.82) is 0 Å². The largest absolute Gasteiger partial charge is 0.483 e. The molecule has 1 spiro atoms. The summed E-state index contributed by atoms with van der Waals surface area (Å²) in [5.74, 6) is -1.36. The fourth-order valence-corrected chi connectivity index (χ4v) is 10.5. The monoisotopic (exact) mass is 773 g/mol. The maximum absolute atomic E-state index is 14.9. The number of benzene rings is 1. The van der Waals surface area contributed by atoms with E-state index in [0.29, 0.717) is 44.4 Å².